The van der Waals surface area contributed by atoms with Crippen LogP contribution in [0, 0.1) is 5.41 Å². The Morgan fingerprint density at radius 3 is 1.92 bits per heavy atom. The smallest absolute Gasteiger partial charge is 0.0509 e. The third kappa shape index (κ3) is 3.30. The molecule has 0 nitrogen and oxygen atoms in total. The fourth-order valence-corrected chi connectivity index (χ4v) is 8.23. The van der Waals surface area contributed by atoms with Crippen molar-refractivity contribution in [1.82, 2.24) is 0 Å². The first kappa shape index (κ1) is 10.3. The van der Waals surface area contributed by atoms with Gasteiger partial charge in [0.1, 0.15) is 0 Å². The van der Waals surface area contributed by atoms with Crippen molar-refractivity contribution >= 4 is 8.07 Å². The van der Waals surface area contributed by atoms with E-state index in [-0.39, 0.29) is 0 Å². The molecule has 0 amide bonds. The summed E-state index contributed by atoms with van der Waals surface area (Å²) in [7, 11) is -0.772. The fourth-order valence-electron chi connectivity index (χ4n) is 2.86. The van der Waals surface area contributed by atoms with E-state index in [1.807, 2.05) is 0 Å². The molecule has 0 radical (unpaired) electrons. The highest BCUT2D eigenvalue weighted by molar-refractivity contribution is 6.78. The molecule has 0 bridgehead atoms. The zero-order valence-electron chi connectivity index (χ0n) is 9.24. The SMILES string of the molecule is CC(C)(C)C[Si]1(C)CCCCC1. The van der Waals surface area contributed by atoms with Gasteiger partial charge in [-0.2, -0.15) is 0 Å². The molecule has 1 saturated heterocycles. The molecule has 1 aliphatic rings. The maximum atomic E-state index is 2.62. The van der Waals surface area contributed by atoms with E-state index in [4.69, 9.17) is 0 Å². The molecule has 72 valence electrons. The summed E-state index contributed by atoms with van der Waals surface area (Å²) in [5.74, 6) is 0. The summed E-state index contributed by atoms with van der Waals surface area (Å²) >= 11 is 0. The Labute approximate surface area is 78.8 Å². The van der Waals surface area contributed by atoms with E-state index in [2.05, 4.69) is 27.3 Å². The van der Waals surface area contributed by atoms with E-state index < -0.39 is 8.07 Å². The predicted molar refractivity (Wildman–Crippen MR) is 59.3 cm³/mol. The first-order chi connectivity index (χ1) is 5.41. The van der Waals surface area contributed by atoms with E-state index in [9.17, 15) is 0 Å². The number of rotatable bonds is 1. The molecule has 1 heterocycles. The molecule has 12 heavy (non-hydrogen) atoms. The topological polar surface area (TPSA) is 0 Å². The summed E-state index contributed by atoms with van der Waals surface area (Å²) < 4.78 is 0. The second-order valence-corrected chi connectivity index (χ2v) is 11.1. The summed E-state index contributed by atoms with van der Waals surface area (Å²) in [6.45, 7) is 9.83. The van der Waals surface area contributed by atoms with Gasteiger partial charge >= 0.3 is 0 Å². The molecule has 0 unspecified atom stereocenters. The van der Waals surface area contributed by atoms with Crippen molar-refractivity contribution in [1.29, 1.82) is 0 Å². The van der Waals surface area contributed by atoms with Crippen molar-refractivity contribution in [2.45, 2.75) is 64.7 Å². The third-order valence-corrected chi connectivity index (χ3v) is 8.05. The quantitative estimate of drug-likeness (QED) is 0.533. The molecule has 0 aromatic carbocycles. The van der Waals surface area contributed by atoms with E-state index in [1.54, 1.807) is 18.1 Å². The van der Waals surface area contributed by atoms with Crippen LogP contribution < -0.4 is 0 Å². The number of hydrogen-bond acceptors (Lipinski definition) is 0. The molecule has 0 atom stereocenters. The van der Waals surface area contributed by atoms with Crippen LogP contribution >= 0.6 is 0 Å². The molecule has 0 aromatic rings. The van der Waals surface area contributed by atoms with E-state index >= 15 is 0 Å². The van der Waals surface area contributed by atoms with E-state index in [1.165, 1.54) is 19.3 Å². The van der Waals surface area contributed by atoms with Crippen LogP contribution in [0.2, 0.25) is 24.7 Å². The molecule has 0 aromatic heterocycles. The van der Waals surface area contributed by atoms with Crippen molar-refractivity contribution < 1.29 is 0 Å². The fraction of sp³-hybridized carbons (Fsp3) is 1.00. The van der Waals surface area contributed by atoms with Gasteiger partial charge in [0.2, 0.25) is 0 Å². The third-order valence-electron chi connectivity index (χ3n) is 3.02. The molecular weight excluding hydrogens is 160 g/mol. The summed E-state index contributed by atoms with van der Waals surface area (Å²) in [6, 6.07) is 4.74. The maximum absolute atomic E-state index is 2.62. The molecule has 0 spiro atoms. The summed E-state index contributed by atoms with van der Waals surface area (Å²) in [4.78, 5) is 0. The second kappa shape index (κ2) is 3.53. The summed E-state index contributed by atoms with van der Waals surface area (Å²) in [5, 5.41) is 0. The van der Waals surface area contributed by atoms with Crippen LogP contribution in [0.4, 0.5) is 0 Å². The minimum atomic E-state index is -0.772. The van der Waals surface area contributed by atoms with Crippen LogP contribution in [0.25, 0.3) is 0 Å². The van der Waals surface area contributed by atoms with Crippen LogP contribution in [-0.2, 0) is 0 Å². The van der Waals surface area contributed by atoms with Crippen molar-refractivity contribution in [2.24, 2.45) is 5.41 Å². The Kier molecular flexibility index (Phi) is 3.03. The normalized spacial score (nSPS) is 24.0. The average molecular weight is 184 g/mol. The lowest BCUT2D eigenvalue weighted by molar-refractivity contribution is 0.455. The Hall–Kier alpha value is 0.217. The lowest BCUT2D eigenvalue weighted by Crippen LogP contribution is -2.36. The lowest BCUT2D eigenvalue weighted by atomic mass is 10.0. The summed E-state index contributed by atoms with van der Waals surface area (Å²) in [5.41, 5.74) is 0.582. The Morgan fingerprint density at radius 2 is 1.50 bits per heavy atom. The predicted octanol–water partition coefficient (Wildman–Crippen LogP) is 4.30. The van der Waals surface area contributed by atoms with Gasteiger partial charge in [-0.1, -0.05) is 64.7 Å². The van der Waals surface area contributed by atoms with Crippen molar-refractivity contribution in [2.75, 3.05) is 0 Å². The summed E-state index contributed by atoms with van der Waals surface area (Å²) in [6.07, 6.45) is 4.56. The van der Waals surface area contributed by atoms with Crippen LogP contribution in [0.3, 0.4) is 0 Å². The van der Waals surface area contributed by atoms with Crippen LogP contribution in [0.1, 0.15) is 40.0 Å². The Balaban J connectivity index is 2.47. The molecule has 1 fully saturated rings. The highest BCUT2D eigenvalue weighted by Crippen LogP contribution is 2.38. The van der Waals surface area contributed by atoms with Gasteiger partial charge in [-0.15, -0.1) is 0 Å². The van der Waals surface area contributed by atoms with Gasteiger partial charge in [-0.05, 0) is 5.41 Å². The van der Waals surface area contributed by atoms with Crippen LogP contribution in [-0.4, -0.2) is 8.07 Å². The van der Waals surface area contributed by atoms with E-state index in [0.717, 1.165) is 0 Å². The van der Waals surface area contributed by atoms with Crippen molar-refractivity contribution in [3.63, 3.8) is 0 Å². The minimum absolute atomic E-state index is 0.582. The van der Waals surface area contributed by atoms with Gasteiger partial charge in [0.25, 0.3) is 0 Å². The Morgan fingerprint density at radius 1 is 1.00 bits per heavy atom. The zero-order chi connectivity index (χ0) is 9.24. The van der Waals surface area contributed by atoms with Crippen LogP contribution in [0.5, 0.6) is 0 Å². The lowest BCUT2D eigenvalue weighted by Gasteiger charge is -2.37. The molecule has 0 aliphatic carbocycles. The van der Waals surface area contributed by atoms with Crippen molar-refractivity contribution in [3.8, 4) is 0 Å². The monoisotopic (exact) mass is 184 g/mol. The van der Waals surface area contributed by atoms with Gasteiger partial charge in [-0.3, -0.25) is 0 Å². The highest BCUT2D eigenvalue weighted by Gasteiger charge is 2.32. The molecule has 1 aliphatic heterocycles. The average Bonchev–Trinajstić information content (AvgIpc) is 1.83. The van der Waals surface area contributed by atoms with Gasteiger partial charge in [0.15, 0.2) is 0 Å². The molecule has 1 rings (SSSR count). The van der Waals surface area contributed by atoms with Gasteiger partial charge < -0.3 is 0 Å². The van der Waals surface area contributed by atoms with Crippen molar-refractivity contribution in [3.05, 3.63) is 0 Å². The first-order valence-electron chi connectivity index (χ1n) is 5.41. The maximum Gasteiger partial charge on any atom is 0.0509 e. The molecule has 0 N–H and O–H groups in total. The Bertz CT molecular complexity index is 138. The zero-order valence-corrected chi connectivity index (χ0v) is 10.2. The van der Waals surface area contributed by atoms with Gasteiger partial charge in [0.05, 0.1) is 8.07 Å². The van der Waals surface area contributed by atoms with Gasteiger partial charge in [-0.25, -0.2) is 0 Å². The van der Waals surface area contributed by atoms with E-state index in [0.29, 0.717) is 5.41 Å². The molecule has 0 saturated carbocycles. The molecule has 1 heteroatoms. The largest absolute Gasteiger partial charge is 0.0691 e. The molecular formula is C11H24Si. The van der Waals surface area contributed by atoms with Crippen LogP contribution in [0.15, 0.2) is 0 Å². The highest BCUT2D eigenvalue weighted by atomic mass is 28.3. The first-order valence-corrected chi connectivity index (χ1v) is 8.54. The van der Waals surface area contributed by atoms with Gasteiger partial charge in [0, 0.05) is 0 Å². The minimum Gasteiger partial charge on any atom is -0.0691 e. The number of hydrogen-bond donors (Lipinski definition) is 0. The second-order valence-electron chi connectivity index (χ2n) is 6.11. The standard InChI is InChI=1S/C11H24Si/c1-11(2,3)10-12(4)8-6-5-7-9-12/h5-10H2,1-4H3.